The number of carbonyl (C=O) groups is 3. The second kappa shape index (κ2) is 11.3. The van der Waals surface area contributed by atoms with Crippen LogP contribution in [-0.2, 0) is 22.6 Å². The lowest BCUT2D eigenvalue weighted by molar-refractivity contribution is -0.140. The first-order valence-electron chi connectivity index (χ1n) is 13.0. The zero-order valence-corrected chi connectivity index (χ0v) is 22.7. The number of benzene rings is 4. The number of hydrogen-bond donors (Lipinski definition) is 1. The van der Waals surface area contributed by atoms with Crippen LogP contribution in [0, 0.1) is 0 Å². The van der Waals surface area contributed by atoms with E-state index in [2.05, 4.69) is 5.32 Å². The van der Waals surface area contributed by atoms with Gasteiger partial charge in [-0.05, 0) is 54.6 Å². The van der Waals surface area contributed by atoms with Crippen LogP contribution in [0.2, 0.25) is 5.02 Å². The molecular formula is C32H30ClN3O3. The van der Waals surface area contributed by atoms with Crippen LogP contribution in [-0.4, -0.2) is 41.2 Å². The van der Waals surface area contributed by atoms with E-state index in [1.165, 1.54) is 4.90 Å². The van der Waals surface area contributed by atoms with Crippen LogP contribution in [0.25, 0.3) is 10.8 Å². The van der Waals surface area contributed by atoms with Gasteiger partial charge in [0.15, 0.2) is 0 Å². The number of carbonyl (C=O) groups excluding carboxylic acids is 3. The molecule has 1 aliphatic rings. The summed E-state index contributed by atoms with van der Waals surface area (Å²) in [6, 6.07) is 27.3. The summed E-state index contributed by atoms with van der Waals surface area (Å²) in [6.07, 6.45) is 0.329. The SMILES string of the molecule is CC(C)NC(=O)[C@@H](Cc1ccccc1)N(Cc1cccc(Cl)c1)C(=O)CN1C(=O)c2cccc3cccc1c23. The van der Waals surface area contributed by atoms with Crippen molar-refractivity contribution >= 4 is 45.8 Å². The van der Waals surface area contributed by atoms with E-state index in [4.69, 9.17) is 11.6 Å². The van der Waals surface area contributed by atoms with Gasteiger partial charge in [0.2, 0.25) is 11.8 Å². The quantitative estimate of drug-likeness (QED) is 0.300. The minimum absolute atomic E-state index is 0.105. The molecule has 0 fully saturated rings. The number of halogens is 1. The van der Waals surface area contributed by atoms with E-state index in [9.17, 15) is 14.4 Å². The second-order valence-corrected chi connectivity index (χ2v) is 10.5. The molecule has 7 heteroatoms. The standard InChI is InChI=1S/C32H30ClN3O3/c1-21(2)34-31(38)28(18-22-9-4-3-5-10-22)35(19-23-11-6-14-25(33)17-23)29(37)20-36-27-16-8-13-24-12-7-15-26(30(24)27)32(36)39/h3-17,21,28H,18-20H2,1-2H3,(H,34,38)/t28-/m1/s1. The van der Waals surface area contributed by atoms with E-state index in [0.29, 0.717) is 22.7 Å². The third-order valence-electron chi connectivity index (χ3n) is 6.89. The number of nitrogens with zero attached hydrogens (tertiary/aromatic N) is 2. The highest BCUT2D eigenvalue weighted by Crippen LogP contribution is 2.37. The van der Waals surface area contributed by atoms with Gasteiger partial charge in [-0.1, -0.05) is 78.3 Å². The third kappa shape index (κ3) is 5.66. The molecule has 1 N–H and O–H groups in total. The molecule has 0 saturated carbocycles. The van der Waals surface area contributed by atoms with Crippen molar-refractivity contribution in [1.29, 1.82) is 0 Å². The maximum atomic E-state index is 14.1. The van der Waals surface area contributed by atoms with Gasteiger partial charge in [0, 0.05) is 35.0 Å². The number of rotatable bonds is 9. The van der Waals surface area contributed by atoms with Gasteiger partial charge in [0.1, 0.15) is 12.6 Å². The topological polar surface area (TPSA) is 69.7 Å². The van der Waals surface area contributed by atoms with Gasteiger partial charge in [-0.2, -0.15) is 0 Å². The average molecular weight is 540 g/mol. The molecule has 0 aromatic heterocycles. The number of hydrogen-bond acceptors (Lipinski definition) is 3. The van der Waals surface area contributed by atoms with Crippen LogP contribution in [0.5, 0.6) is 0 Å². The maximum absolute atomic E-state index is 14.1. The summed E-state index contributed by atoms with van der Waals surface area (Å²) >= 11 is 6.27. The molecule has 0 spiro atoms. The lowest BCUT2D eigenvalue weighted by atomic mass is 10.0. The summed E-state index contributed by atoms with van der Waals surface area (Å²) in [7, 11) is 0. The van der Waals surface area contributed by atoms with Gasteiger partial charge in [-0.3, -0.25) is 19.3 Å². The fourth-order valence-corrected chi connectivity index (χ4v) is 5.34. The van der Waals surface area contributed by atoms with Crippen molar-refractivity contribution in [3.8, 4) is 0 Å². The van der Waals surface area contributed by atoms with Crippen molar-refractivity contribution in [2.45, 2.75) is 38.9 Å². The van der Waals surface area contributed by atoms with E-state index >= 15 is 0 Å². The largest absolute Gasteiger partial charge is 0.352 e. The van der Waals surface area contributed by atoms with Gasteiger partial charge >= 0.3 is 0 Å². The fraction of sp³-hybridized carbons (Fsp3) is 0.219. The first-order chi connectivity index (χ1) is 18.8. The van der Waals surface area contributed by atoms with Gasteiger partial charge in [0.25, 0.3) is 5.91 Å². The van der Waals surface area contributed by atoms with Crippen molar-refractivity contribution in [2.24, 2.45) is 0 Å². The molecule has 0 bridgehead atoms. The Morgan fingerprint density at radius 3 is 2.31 bits per heavy atom. The molecule has 5 rings (SSSR count). The molecule has 6 nitrogen and oxygen atoms in total. The normalized spacial score (nSPS) is 13.1. The third-order valence-corrected chi connectivity index (χ3v) is 7.12. The first kappa shape index (κ1) is 26.4. The summed E-state index contributed by atoms with van der Waals surface area (Å²) < 4.78 is 0. The van der Waals surface area contributed by atoms with E-state index in [1.54, 1.807) is 23.1 Å². The highest BCUT2D eigenvalue weighted by Gasteiger charge is 2.36. The molecule has 0 radical (unpaired) electrons. The van der Waals surface area contributed by atoms with E-state index in [1.807, 2.05) is 86.6 Å². The molecule has 0 saturated heterocycles. The molecule has 1 aliphatic heterocycles. The highest BCUT2D eigenvalue weighted by atomic mass is 35.5. The Hall–Kier alpha value is -4.16. The summed E-state index contributed by atoms with van der Waals surface area (Å²) in [5.41, 5.74) is 3.01. The molecule has 198 valence electrons. The summed E-state index contributed by atoms with van der Waals surface area (Å²) in [4.78, 5) is 44.3. The minimum atomic E-state index is -0.794. The van der Waals surface area contributed by atoms with Gasteiger partial charge in [-0.15, -0.1) is 0 Å². The molecule has 4 aromatic rings. The number of amides is 3. The van der Waals surface area contributed by atoms with Gasteiger partial charge in [-0.25, -0.2) is 0 Å². The number of nitrogens with one attached hydrogen (secondary N) is 1. The molecular weight excluding hydrogens is 510 g/mol. The average Bonchev–Trinajstić information content (AvgIpc) is 3.19. The van der Waals surface area contributed by atoms with Crippen LogP contribution in [0.15, 0.2) is 91.0 Å². The molecule has 39 heavy (non-hydrogen) atoms. The fourth-order valence-electron chi connectivity index (χ4n) is 5.13. The maximum Gasteiger partial charge on any atom is 0.259 e. The Bertz CT molecular complexity index is 1530. The van der Waals surface area contributed by atoms with E-state index in [0.717, 1.165) is 21.9 Å². The minimum Gasteiger partial charge on any atom is -0.352 e. The van der Waals surface area contributed by atoms with E-state index < -0.39 is 6.04 Å². The Balaban J connectivity index is 1.52. The van der Waals surface area contributed by atoms with Crippen molar-refractivity contribution in [3.63, 3.8) is 0 Å². The van der Waals surface area contributed by atoms with Crippen LogP contribution >= 0.6 is 11.6 Å². The molecule has 0 unspecified atom stereocenters. The molecule has 3 amide bonds. The Morgan fingerprint density at radius 1 is 0.897 bits per heavy atom. The Kier molecular flexibility index (Phi) is 7.66. The van der Waals surface area contributed by atoms with Crippen molar-refractivity contribution in [2.75, 3.05) is 11.4 Å². The zero-order valence-electron chi connectivity index (χ0n) is 21.9. The summed E-state index contributed by atoms with van der Waals surface area (Å²) in [6.45, 7) is 3.76. The molecule has 4 aromatic carbocycles. The summed E-state index contributed by atoms with van der Waals surface area (Å²) in [5, 5.41) is 5.32. The van der Waals surface area contributed by atoms with Gasteiger partial charge in [0.05, 0.1) is 5.69 Å². The van der Waals surface area contributed by atoms with Crippen molar-refractivity contribution in [3.05, 3.63) is 113 Å². The van der Waals surface area contributed by atoms with Crippen LogP contribution in [0.3, 0.4) is 0 Å². The second-order valence-electron chi connectivity index (χ2n) is 10.1. The van der Waals surface area contributed by atoms with Crippen LogP contribution in [0.1, 0.15) is 35.3 Å². The van der Waals surface area contributed by atoms with Crippen LogP contribution in [0.4, 0.5) is 5.69 Å². The molecule has 1 heterocycles. The lowest BCUT2D eigenvalue weighted by Gasteiger charge is -2.33. The molecule has 0 aliphatic carbocycles. The predicted molar refractivity (Wildman–Crippen MR) is 155 cm³/mol. The smallest absolute Gasteiger partial charge is 0.259 e. The first-order valence-corrected chi connectivity index (χ1v) is 13.4. The monoisotopic (exact) mass is 539 g/mol. The van der Waals surface area contributed by atoms with Crippen LogP contribution < -0.4 is 10.2 Å². The summed E-state index contributed by atoms with van der Waals surface area (Å²) in [5.74, 6) is -0.792. The van der Waals surface area contributed by atoms with Crippen molar-refractivity contribution < 1.29 is 14.4 Å². The lowest BCUT2D eigenvalue weighted by Crippen LogP contribution is -2.54. The predicted octanol–water partition coefficient (Wildman–Crippen LogP) is 5.62. The highest BCUT2D eigenvalue weighted by molar-refractivity contribution is 6.30. The van der Waals surface area contributed by atoms with E-state index in [-0.39, 0.29) is 36.9 Å². The Morgan fingerprint density at radius 2 is 1.59 bits per heavy atom. The van der Waals surface area contributed by atoms with Gasteiger partial charge < -0.3 is 10.2 Å². The Labute approximate surface area is 233 Å². The number of anilines is 1. The molecule has 1 atom stereocenters. The zero-order chi connectivity index (χ0) is 27.5. The van der Waals surface area contributed by atoms with Crippen molar-refractivity contribution in [1.82, 2.24) is 10.2 Å².